The lowest BCUT2D eigenvalue weighted by molar-refractivity contribution is 0.0523. The number of carbonyl (C=O) groups excluding carboxylic acids is 1. The van der Waals surface area contributed by atoms with Crippen LogP contribution in [0.1, 0.15) is 50.9 Å². The number of rotatable bonds is 4. The van der Waals surface area contributed by atoms with Crippen molar-refractivity contribution in [3.63, 3.8) is 0 Å². The minimum Gasteiger partial charge on any atom is -0.444 e. The quantitative estimate of drug-likeness (QED) is 0.878. The maximum atomic E-state index is 11.7. The fourth-order valence-corrected chi connectivity index (χ4v) is 2.62. The van der Waals surface area contributed by atoms with E-state index in [0.717, 1.165) is 18.4 Å². The van der Waals surface area contributed by atoms with Gasteiger partial charge in [0.15, 0.2) is 5.65 Å². The molecule has 25 heavy (non-hydrogen) atoms. The monoisotopic (exact) mass is 342 g/mol. The van der Waals surface area contributed by atoms with Crippen LogP contribution in [-0.4, -0.2) is 26.3 Å². The topological polar surface area (TPSA) is 118 Å². The van der Waals surface area contributed by atoms with E-state index in [4.69, 9.17) is 10.5 Å². The molecular weight excluding hydrogens is 320 g/mol. The number of nitrogens with two attached hydrogens (primary N) is 1. The lowest BCUT2D eigenvalue weighted by Gasteiger charge is -2.19. The summed E-state index contributed by atoms with van der Waals surface area (Å²) < 4.78 is 6.81. The lowest BCUT2D eigenvalue weighted by Crippen LogP contribution is -2.32. The van der Waals surface area contributed by atoms with Gasteiger partial charge in [-0.1, -0.05) is 0 Å². The first kappa shape index (κ1) is 17.2. The van der Waals surface area contributed by atoms with Crippen molar-refractivity contribution in [2.75, 3.05) is 0 Å². The molecule has 0 aromatic carbocycles. The molecule has 1 fully saturated rings. The Bertz CT molecular complexity index is 841. The average molecular weight is 342 g/mol. The van der Waals surface area contributed by atoms with E-state index in [2.05, 4.69) is 21.5 Å². The Hall–Kier alpha value is -2.66. The van der Waals surface area contributed by atoms with Gasteiger partial charge in [0.2, 0.25) is 0 Å². The second kappa shape index (κ2) is 6.01. The number of alkyl carbamates (subject to hydrolysis) is 1. The Kier molecular flexibility index (Phi) is 4.13. The third-order valence-corrected chi connectivity index (χ3v) is 4.17. The fraction of sp³-hybridized carbons (Fsp3) is 0.529. The van der Waals surface area contributed by atoms with Gasteiger partial charge in [0, 0.05) is 0 Å². The number of nitrogens with one attached hydrogen (secondary N) is 1. The molecule has 3 N–H and O–H groups in total. The highest BCUT2D eigenvalue weighted by atomic mass is 16.6. The van der Waals surface area contributed by atoms with Crippen molar-refractivity contribution in [2.45, 2.75) is 51.8 Å². The van der Waals surface area contributed by atoms with E-state index in [0.29, 0.717) is 11.3 Å². The minimum atomic E-state index is -0.547. The van der Waals surface area contributed by atoms with Gasteiger partial charge in [-0.3, -0.25) is 0 Å². The zero-order valence-corrected chi connectivity index (χ0v) is 14.6. The summed E-state index contributed by atoms with van der Waals surface area (Å²) >= 11 is 0. The molecule has 2 aromatic heterocycles. The summed E-state index contributed by atoms with van der Waals surface area (Å²) in [5, 5.41) is 16.3. The van der Waals surface area contributed by atoms with E-state index in [9.17, 15) is 10.1 Å². The molecule has 1 aliphatic rings. The van der Waals surface area contributed by atoms with E-state index in [1.807, 2.05) is 6.07 Å². The van der Waals surface area contributed by atoms with Crippen LogP contribution >= 0.6 is 0 Å². The van der Waals surface area contributed by atoms with Crippen LogP contribution in [0.25, 0.3) is 5.65 Å². The number of hydrogen-bond donors (Lipinski definition) is 2. The molecular formula is C17H22N6O2. The van der Waals surface area contributed by atoms with Crippen LogP contribution in [0.4, 0.5) is 4.79 Å². The molecule has 8 heteroatoms. The number of imidazole rings is 1. The summed E-state index contributed by atoms with van der Waals surface area (Å²) in [6, 6.07) is 3.79. The molecule has 2 aromatic rings. The highest BCUT2D eigenvalue weighted by Gasteiger charge is 2.49. The van der Waals surface area contributed by atoms with Crippen LogP contribution in [-0.2, 0) is 11.3 Å². The Morgan fingerprint density at radius 2 is 2.28 bits per heavy atom. The van der Waals surface area contributed by atoms with Crippen LogP contribution in [0.3, 0.4) is 0 Å². The van der Waals surface area contributed by atoms with Gasteiger partial charge in [-0.2, -0.15) is 10.4 Å². The number of nitriles is 1. The third kappa shape index (κ3) is 3.72. The van der Waals surface area contributed by atoms with Gasteiger partial charge in [-0.05, 0) is 45.2 Å². The standard InChI is InChI=1S/C17H22N6O2/c1-16(2,3)25-15(24)20-8-12-9-23-13(22-12)6-11(7-21-23)14(19)17(10-18)4-5-17/h6-7,9,14H,4-5,8,19H2,1-3H3,(H,20,24). The zero-order chi connectivity index (χ0) is 18.2. The Balaban J connectivity index is 1.71. The summed E-state index contributed by atoms with van der Waals surface area (Å²) in [7, 11) is 0. The van der Waals surface area contributed by atoms with E-state index in [1.165, 1.54) is 0 Å². The maximum Gasteiger partial charge on any atom is 0.407 e. The van der Waals surface area contributed by atoms with E-state index < -0.39 is 17.1 Å². The summed E-state index contributed by atoms with van der Waals surface area (Å²) in [5.74, 6) is 0. The number of carbonyl (C=O) groups is 1. The second-order valence-electron chi connectivity index (χ2n) is 7.42. The van der Waals surface area contributed by atoms with Gasteiger partial charge in [-0.25, -0.2) is 14.3 Å². The first-order chi connectivity index (χ1) is 11.7. The first-order valence-electron chi connectivity index (χ1n) is 8.20. The Labute approximate surface area is 146 Å². The van der Waals surface area contributed by atoms with Crippen LogP contribution in [0, 0.1) is 16.7 Å². The van der Waals surface area contributed by atoms with Gasteiger partial charge in [0.25, 0.3) is 0 Å². The predicted molar refractivity (Wildman–Crippen MR) is 90.3 cm³/mol. The van der Waals surface area contributed by atoms with E-state index >= 15 is 0 Å². The average Bonchev–Trinajstić information content (AvgIpc) is 3.23. The minimum absolute atomic E-state index is 0.238. The van der Waals surface area contributed by atoms with Crippen molar-refractivity contribution in [3.8, 4) is 6.07 Å². The van der Waals surface area contributed by atoms with Crippen LogP contribution in [0.5, 0.6) is 0 Å². The van der Waals surface area contributed by atoms with Crippen molar-refractivity contribution in [1.82, 2.24) is 19.9 Å². The maximum absolute atomic E-state index is 11.7. The lowest BCUT2D eigenvalue weighted by atomic mass is 9.93. The van der Waals surface area contributed by atoms with Gasteiger partial charge in [0.1, 0.15) is 5.60 Å². The molecule has 2 heterocycles. The van der Waals surface area contributed by atoms with Gasteiger partial charge >= 0.3 is 6.09 Å². The SMILES string of the molecule is CC(C)(C)OC(=O)NCc1cn2ncc(C(N)C3(C#N)CC3)cc2n1. The summed E-state index contributed by atoms with van der Waals surface area (Å²) in [6.07, 6.45) is 4.54. The third-order valence-electron chi connectivity index (χ3n) is 4.17. The molecule has 0 saturated heterocycles. The molecule has 3 rings (SSSR count). The van der Waals surface area contributed by atoms with Gasteiger partial charge < -0.3 is 15.8 Å². The molecule has 0 bridgehead atoms. The van der Waals surface area contributed by atoms with Crippen LogP contribution in [0.2, 0.25) is 0 Å². The molecule has 1 saturated carbocycles. The van der Waals surface area contributed by atoms with Crippen LogP contribution in [0.15, 0.2) is 18.5 Å². The molecule has 1 aliphatic carbocycles. The van der Waals surface area contributed by atoms with Crippen molar-refractivity contribution in [3.05, 3.63) is 29.7 Å². The Morgan fingerprint density at radius 3 is 2.88 bits per heavy atom. The number of hydrogen-bond acceptors (Lipinski definition) is 6. The molecule has 0 radical (unpaired) electrons. The number of fused-ring (bicyclic) bond motifs is 1. The summed E-state index contributed by atoms with van der Waals surface area (Å²) in [6.45, 7) is 5.65. The molecule has 8 nitrogen and oxygen atoms in total. The number of ether oxygens (including phenoxy) is 1. The van der Waals surface area contributed by atoms with Crippen molar-refractivity contribution in [1.29, 1.82) is 5.26 Å². The number of nitrogens with zero attached hydrogens (tertiary/aromatic N) is 4. The molecule has 1 unspecified atom stereocenters. The highest BCUT2D eigenvalue weighted by molar-refractivity contribution is 5.67. The zero-order valence-electron chi connectivity index (χ0n) is 14.6. The molecule has 0 aliphatic heterocycles. The molecule has 0 spiro atoms. The van der Waals surface area contributed by atoms with Gasteiger partial charge in [-0.15, -0.1) is 0 Å². The summed E-state index contributed by atoms with van der Waals surface area (Å²) in [5.41, 5.74) is 7.30. The second-order valence-corrected chi connectivity index (χ2v) is 7.42. The van der Waals surface area contributed by atoms with E-state index in [-0.39, 0.29) is 12.6 Å². The first-order valence-corrected chi connectivity index (χ1v) is 8.20. The van der Waals surface area contributed by atoms with E-state index in [1.54, 1.807) is 37.7 Å². The van der Waals surface area contributed by atoms with Crippen molar-refractivity contribution >= 4 is 11.7 Å². The van der Waals surface area contributed by atoms with Crippen LogP contribution < -0.4 is 11.1 Å². The summed E-state index contributed by atoms with van der Waals surface area (Å²) in [4.78, 5) is 16.2. The smallest absolute Gasteiger partial charge is 0.407 e. The largest absolute Gasteiger partial charge is 0.444 e. The van der Waals surface area contributed by atoms with Crippen molar-refractivity contribution < 1.29 is 9.53 Å². The Morgan fingerprint density at radius 1 is 1.56 bits per heavy atom. The van der Waals surface area contributed by atoms with Gasteiger partial charge in [0.05, 0.1) is 42.2 Å². The normalized spacial score (nSPS) is 16.9. The number of aromatic nitrogens is 3. The molecule has 132 valence electrons. The highest BCUT2D eigenvalue weighted by Crippen LogP contribution is 2.53. The van der Waals surface area contributed by atoms with Crippen molar-refractivity contribution in [2.24, 2.45) is 11.1 Å². The molecule has 1 atom stereocenters. The number of amides is 1. The molecule has 1 amide bonds. The fourth-order valence-electron chi connectivity index (χ4n) is 2.62. The predicted octanol–water partition coefficient (Wildman–Crippen LogP) is 2.06.